The molecule has 1 amide bonds. The van der Waals surface area contributed by atoms with Gasteiger partial charge in [-0.3, -0.25) is 9.48 Å². The van der Waals surface area contributed by atoms with E-state index in [2.05, 4.69) is 10.4 Å². The Morgan fingerprint density at radius 2 is 1.86 bits per heavy atom. The van der Waals surface area contributed by atoms with E-state index < -0.39 is 11.9 Å². The number of ether oxygens (including phenoxy) is 2. The normalized spacial score (nSPS) is 11.0. The molecule has 0 saturated heterocycles. The van der Waals surface area contributed by atoms with Crippen LogP contribution < -0.4 is 10.1 Å². The molecule has 0 aliphatic heterocycles. The summed E-state index contributed by atoms with van der Waals surface area (Å²) in [5.74, 6) is -0.209. The maximum absolute atomic E-state index is 12.0. The molecule has 29 heavy (non-hydrogen) atoms. The van der Waals surface area contributed by atoms with E-state index in [1.165, 1.54) is 6.08 Å². The lowest BCUT2D eigenvalue weighted by Crippen LogP contribution is -2.20. The van der Waals surface area contributed by atoms with Gasteiger partial charge in [0.1, 0.15) is 5.75 Å². The van der Waals surface area contributed by atoms with Gasteiger partial charge in [-0.1, -0.05) is 18.2 Å². The molecule has 1 N–H and O–H groups in total. The number of nitrogens with zero attached hydrogens (tertiary/aromatic N) is 2. The summed E-state index contributed by atoms with van der Waals surface area (Å²) in [6.07, 6.45) is 2.96. The van der Waals surface area contributed by atoms with Crippen molar-refractivity contribution in [3.63, 3.8) is 0 Å². The molecule has 1 heterocycles. The molecule has 0 radical (unpaired) electrons. The second kappa shape index (κ2) is 8.60. The van der Waals surface area contributed by atoms with Crippen LogP contribution in [0.25, 0.3) is 16.8 Å². The lowest BCUT2D eigenvalue weighted by molar-refractivity contribution is -0.142. The molecule has 0 unspecified atom stereocenters. The maximum atomic E-state index is 12.0. The van der Waals surface area contributed by atoms with Crippen LogP contribution in [0.2, 0.25) is 0 Å². The molecular weight excluding hydrogens is 370 g/mol. The first-order valence-electron chi connectivity index (χ1n) is 9.10. The molecule has 2 aromatic carbocycles. The third-order valence-electron chi connectivity index (χ3n) is 4.60. The highest BCUT2D eigenvalue weighted by atomic mass is 16.5. The summed E-state index contributed by atoms with van der Waals surface area (Å²) < 4.78 is 11.9. The Labute approximate surface area is 168 Å². The number of nitrogens with one attached hydrogen (secondary N) is 1. The van der Waals surface area contributed by atoms with Crippen molar-refractivity contribution < 1.29 is 19.1 Å². The van der Waals surface area contributed by atoms with Crippen LogP contribution in [-0.2, 0) is 21.4 Å². The fourth-order valence-electron chi connectivity index (χ4n) is 2.95. The molecule has 0 saturated carbocycles. The number of hydrogen-bond donors (Lipinski definition) is 1. The summed E-state index contributed by atoms with van der Waals surface area (Å²) in [5, 5.41) is 9.03. The van der Waals surface area contributed by atoms with Crippen LogP contribution >= 0.6 is 0 Å². The molecule has 0 spiro atoms. The summed E-state index contributed by atoms with van der Waals surface area (Å²) in [7, 11) is 3.43. The Hall–Kier alpha value is -3.61. The highest BCUT2D eigenvalue weighted by Gasteiger charge is 2.13. The summed E-state index contributed by atoms with van der Waals surface area (Å²) in [6, 6.07) is 11.6. The number of aryl methyl sites for hydroxylation is 2. The van der Waals surface area contributed by atoms with E-state index in [0.717, 1.165) is 27.8 Å². The Kier molecular flexibility index (Phi) is 5.97. The highest BCUT2D eigenvalue weighted by Crippen LogP contribution is 2.22. The van der Waals surface area contributed by atoms with Gasteiger partial charge < -0.3 is 14.8 Å². The Morgan fingerprint density at radius 3 is 2.55 bits per heavy atom. The fraction of sp³-hybridized carbons (Fsp3) is 0.227. The minimum Gasteiger partial charge on any atom is -0.497 e. The van der Waals surface area contributed by atoms with Gasteiger partial charge in [-0.25, -0.2) is 4.79 Å². The summed E-state index contributed by atoms with van der Waals surface area (Å²) in [6.45, 7) is 3.29. The van der Waals surface area contributed by atoms with Crippen LogP contribution in [0.15, 0.2) is 42.5 Å². The summed E-state index contributed by atoms with van der Waals surface area (Å²) in [5.41, 5.74) is 3.03. The second-order valence-electron chi connectivity index (χ2n) is 6.63. The molecular formula is C22H23N3O4. The smallest absolute Gasteiger partial charge is 0.331 e. The molecule has 1 aromatic heterocycles. The molecule has 150 valence electrons. The second-order valence-corrected chi connectivity index (χ2v) is 6.63. The van der Waals surface area contributed by atoms with Gasteiger partial charge in [0.05, 0.1) is 24.2 Å². The van der Waals surface area contributed by atoms with Crippen LogP contribution in [0, 0.1) is 13.8 Å². The number of rotatable bonds is 6. The third kappa shape index (κ3) is 4.82. The lowest BCUT2D eigenvalue weighted by Gasteiger charge is -2.06. The molecule has 3 aromatic rings. The number of carbonyl (C=O) groups is 2. The van der Waals surface area contributed by atoms with Crippen LogP contribution in [-0.4, -0.2) is 35.4 Å². The molecule has 0 bridgehead atoms. The predicted molar refractivity (Wildman–Crippen MR) is 112 cm³/mol. The van der Waals surface area contributed by atoms with Gasteiger partial charge in [-0.05, 0) is 54.5 Å². The summed E-state index contributed by atoms with van der Waals surface area (Å²) >= 11 is 0. The first kappa shape index (κ1) is 20.1. The molecule has 7 heteroatoms. The van der Waals surface area contributed by atoms with Crippen molar-refractivity contribution in [2.75, 3.05) is 19.0 Å². The van der Waals surface area contributed by atoms with Crippen molar-refractivity contribution in [3.05, 3.63) is 59.4 Å². The third-order valence-corrected chi connectivity index (χ3v) is 4.60. The van der Waals surface area contributed by atoms with Gasteiger partial charge in [0.15, 0.2) is 6.61 Å². The molecule has 0 fully saturated rings. The SMILES string of the molecule is COc1ccc2cc(/C=C/C(=O)OCC(=O)Nc3c(C)nn(C)c3C)ccc2c1. The Balaban J connectivity index is 1.56. The summed E-state index contributed by atoms with van der Waals surface area (Å²) in [4.78, 5) is 24.0. The average Bonchev–Trinajstić information content (AvgIpc) is 2.96. The Morgan fingerprint density at radius 1 is 1.14 bits per heavy atom. The first-order valence-corrected chi connectivity index (χ1v) is 9.10. The minimum atomic E-state index is -0.588. The number of fused-ring (bicyclic) bond motifs is 1. The van der Waals surface area contributed by atoms with Gasteiger partial charge in [-0.2, -0.15) is 5.10 Å². The van der Waals surface area contributed by atoms with Crippen LogP contribution in [0.5, 0.6) is 5.75 Å². The van der Waals surface area contributed by atoms with Gasteiger partial charge in [0.25, 0.3) is 5.91 Å². The molecule has 3 rings (SSSR count). The van der Waals surface area contributed by atoms with Crippen molar-refractivity contribution in [3.8, 4) is 5.75 Å². The zero-order valence-electron chi connectivity index (χ0n) is 16.9. The van der Waals surface area contributed by atoms with Crippen molar-refractivity contribution in [1.29, 1.82) is 0 Å². The van der Waals surface area contributed by atoms with E-state index in [-0.39, 0.29) is 6.61 Å². The number of carbonyl (C=O) groups excluding carboxylic acids is 2. The van der Waals surface area contributed by atoms with Crippen molar-refractivity contribution >= 4 is 34.4 Å². The van der Waals surface area contributed by atoms with Crippen molar-refractivity contribution in [1.82, 2.24) is 9.78 Å². The van der Waals surface area contributed by atoms with E-state index >= 15 is 0 Å². The lowest BCUT2D eigenvalue weighted by atomic mass is 10.1. The number of anilines is 1. The monoisotopic (exact) mass is 393 g/mol. The van der Waals surface area contributed by atoms with Crippen molar-refractivity contribution in [2.45, 2.75) is 13.8 Å². The van der Waals surface area contributed by atoms with E-state index in [4.69, 9.17) is 9.47 Å². The maximum Gasteiger partial charge on any atom is 0.331 e. The fourth-order valence-corrected chi connectivity index (χ4v) is 2.95. The van der Waals surface area contributed by atoms with E-state index in [1.807, 2.05) is 43.3 Å². The average molecular weight is 393 g/mol. The number of amides is 1. The zero-order valence-corrected chi connectivity index (χ0v) is 16.9. The minimum absolute atomic E-state index is 0.367. The molecule has 0 aliphatic carbocycles. The van der Waals surface area contributed by atoms with Gasteiger partial charge >= 0.3 is 5.97 Å². The van der Waals surface area contributed by atoms with E-state index in [0.29, 0.717) is 11.4 Å². The largest absolute Gasteiger partial charge is 0.497 e. The molecule has 7 nitrogen and oxygen atoms in total. The number of benzene rings is 2. The van der Waals surface area contributed by atoms with Gasteiger partial charge in [-0.15, -0.1) is 0 Å². The number of esters is 1. The standard InChI is InChI=1S/C22H23N3O4/c1-14-22(15(2)25(3)24-14)23-20(26)13-29-21(27)10-6-16-5-7-18-12-19(28-4)9-8-17(18)11-16/h5-12H,13H2,1-4H3,(H,23,26)/b10-6+. The number of aromatic nitrogens is 2. The topological polar surface area (TPSA) is 82.4 Å². The first-order chi connectivity index (χ1) is 13.9. The van der Waals surface area contributed by atoms with Gasteiger partial charge in [0.2, 0.25) is 0 Å². The predicted octanol–water partition coefficient (Wildman–Crippen LogP) is 3.39. The highest BCUT2D eigenvalue weighted by molar-refractivity contribution is 5.95. The van der Waals surface area contributed by atoms with Crippen LogP contribution in [0.3, 0.4) is 0 Å². The Bertz CT molecular complexity index is 1100. The molecule has 0 atom stereocenters. The zero-order chi connectivity index (χ0) is 21.0. The van der Waals surface area contributed by atoms with Crippen LogP contribution in [0.4, 0.5) is 5.69 Å². The number of hydrogen-bond acceptors (Lipinski definition) is 5. The quantitative estimate of drug-likeness (QED) is 0.513. The van der Waals surface area contributed by atoms with E-state index in [9.17, 15) is 9.59 Å². The van der Waals surface area contributed by atoms with Crippen molar-refractivity contribution in [2.24, 2.45) is 7.05 Å². The molecule has 0 aliphatic rings. The van der Waals surface area contributed by atoms with Crippen LogP contribution in [0.1, 0.15) is 17.0 Å². The van der Waals surface area contributed by atoms with Gasteiger partial charge in [0, 0.05) is 13.1 Å². The van der Waals surface area contributed by atoms with E-state index in [1.54, 1.807) is 31.8 Å². The number of methoxy groups -OCH3 is 1.